The van der Waals surface area contributed by atoms with Gasteiger partial charge in [0, 0.05) is 20.0 Å². The van der Waals surface area contributed by atoms with Crippen LogP contribution in [0.3, 0.4) is 0 Å². The molecule has 4 heterocycles. The van der Waals surface area contributed by atoms with Gasteiger partial charge < -0.3 is 19.8 Å². The van der Waals surface area contributed by atoms with Gasteiger partial charge in [-0.15, -0.1) is 47.0 Å². The van der Waals surface area contributed by atoms with Crippen LogP contribution in [0.5, 0.6) is 0 Å². The SMILES string of the molecule is O=C([O-])C1C2=C(SCS2)SS1=S.O=C([O-])C1C2=C(SCS2)SS1=S.[Zn+2]. The molecule has 0 saturated carbocycles. The number of thioether (sulfide) groups is 4. The summed E-state index contributed by atoms with van der Waals surface area (Å²) in [4.78, 5) is 23.3. The van der Waals surface area contributed by atoms with Crippen molar-refractivity contribution in [2.24, 2.45) is 0 Å². The quantitative estimate of drug-likeness (QED) is 0.347. The van der Waals surface area contributed by atoms with E-state index in [0.29, 0.717) is 0 Å². The molecule has 0 aliphatic carbocycles. The van der Waals surface area contributed by atoms with E-state index in [4.69, 9.17) is 22.4 Å². The molecule has 0 radical (unpaired) electrons. The smallest absolute Gasteiger partial charge is 0.549 e. The molecule has 4 atom stereocenters. The van der Waals surface area contributed by atoms with Crippen molar-refractivity contribution in [2.45, 2.75) is 10.5 Å². The van der Waals surface area contributed by atoms with Crippen LogP contribution in [0.2, 0.25) is 0 Å². The summed E-state index contributed by atoms with van der Waals surface area (Å²) in [5, 5.41) is 22.2. The van der Waals surface area contributed by atoms with Crippen LogP contribution in [0.4, 0.5) is 0 Å². The van der Waals surface area contributed by atoms with Crippen molar-refractivity contribution in [1.82, 2.24) is 0 Å². The summed E-state index contributed by atoms with van der Waals surface area (Å²) in [6.45, 7) is 0. The van der Waals surface area contributed by atoms with E-state index in [1.54, 1.807) is 47.0 Å². The maximum atomic E-state index is 10.7. The van der Waals surface area contributed by atoms with E-state index >= 15 is 0 Å². The predicted molar refractivity (Wildman–Crippen MR) is 116 cm³/mol. The largest absolute Gasteiger partial charge is 2.00 e. The molecule has 0 spiro atoms. The Kier molecular flexibility index (Phi) is 9.76. The molecule has 0 aromatic heterocycles. The first-order valence-electron chi connectivity index (χ1n) is 5.99. The molecule has 0 N–H and O–H groups in total. The fourth-order valence-electron chi connectivity index (χ4n) is 1.84. The normalized spacial score (nSPS) is 32.6. The van der Waals surface area contributed by atoms with Gasteiger partial charge in [0.25, 0.3) is 0 Å². The van der Waals surface area contributed by atoms with Gasteiger partial charge in [-0.2, -0.15) is 0 Å². The van der Waals surface area contributed by atoms with Gasteiger partial charge in [0.2, 0.25) is 0 Å². The predicted octanol–water partition coefficient (Wildman–Crippen LogP) is 0.904. The number of carboxylic acid groups (broad SMARTS) is 2. The number of aliphatic carboxylic acids is 2. The molecule has 0 saturated heterocycles. The van der Waals surface area contributed by atoms with Crippen LogP contribution < -0.4 is 10.2 Å². The van der Waals surface area contributed by atoms with Gasteiger partial charge in [-0.05, 0) is 60.9 Å². The van der Waals surface area contributed by atoms with Crippen LogP contribution in [0.25, 0.3) is 0 Å². The fourth-order valence-corrected chi connectivity index (χ4v) is 20.4. The molecule has 4 aliphatic rings. The summed E-state index contributed by atoms with van der Waals surface area (Å²) in [5.41, 5.74) is 0. The third kappa shape index (κ3) is 5.26. The summed E-state index contributed by atoms with van der Waals surface area (Å²) in [7, 11) is 1.98. The number of hydrogen-bond acceptors (Lipinski definition) is 12. The Morgan fingerprint density at radius 2 is 1.20 bits per heavy atom. The summed E-state index contributed by atoms with van der Waals surface area (Å²) >= 11 is 16.7. The molecular formula is C10H6O4S10Zn. The van der Waals surface area contributed by atoms with Crippen molar-refractivity contribution in [3.8, 4) is 0 Å². The van der Waals surface area contributed by atoms with Gasteiger partial charge in [0.05, 0.1) is 30.9 Å². The molecule has 15 heteroatoms. The molecule has 0 fully saturated rings. The van der Waals surface area contributed by atoms with Crippen LogP contribution in [0.1, 0.15) is 0 Å². The molecular weight excluding hydrogens is 570 g/mol. The van der Waals surface area contributed by atoms with Crippen molar-refractivity contribution in [2.75, 3.05) is 10.2 Å². The number of rotatable bonds is 2. The molecule has 0 bridgehead atoms. The minimum absolute atomic E-state index is 0. The van der Waals surface area contributed by atoms with Crippen LogP contribution in [0, 0.1) is 0 Å². The first kappa shape index (κ1) is 23.6. The van der Waals surface area contributed by atoms with E-state index in [9.17, 15) is 19.8 Å². The van der Waals surface area contributed by atoms with Gasteiger partial charge in [-0.1, -0.05) is 0 Å². The second-order valence-corrected chi connectivity index (χ2v) is 19.2. The maximum absolute atomic E-state index is 10.7. The number of carboxylic acids is 2. The summed E-state index contributed by atoms with van der Waals surface area (Å²) in [5.74, 6) is -2.03. The Bertz CT molecular complexity index is 658. The standard InChI is InChI=1S/2C5H4O2S5.Zn/c2*6-4(7)3-2-5(10-1-9-2)11-12(3)8;/h2*3H,1H2,(H,6,7);/q;;+2/p-2. The minimum atomic E-state index is -1.01. The average molecular weight is 576 g/mol. The molecule has 25 heavy (non-hydrogen) atoms. The first-order valence-corrected chi connectivity index (χ1v) is 17.0. The minimum Gasteiger partial charge on any atom is -0.549 e. The molecule has 132 valence electrons. The van der Waals surface area contributed by atoms with E-state index < -0.39 is 39.4 Å². The van der Waals surface area contributed by atoms with Gasteiger partial charge in [-0.25, -0.2) is 0 Å². The van der Waals surface area contributed by atoms with Crippen molar-refractivity contribution in [1.29, 1.82) is 0 Å². The Labute approximate surface area is 195 Å². The Morgan fingerprint density at radius 3 is 1.52 bits per heavy atom. The number of carbonyl (C=O) groups excluding carboxylic acids is 2. The third-order valence-corrected chi connectivity index (χ3v) is 18.0. The van der Waals surface area contributed by atoms with Crippen molar-refractivity contribution in [3.63, 3.8) is 0 Å². The van der Waals surface area contributed by atoms with Crippen LogP contribution in [-0.2, 0) is 68.4 Å². The summed E-state index contributed by atoms with van der Waals surface area (Å²) < 4.78 is 2.24. The Balaban J connectivity index is 0.000000173. The van der Waals surface area contributed by atoms with Crippen LogP contribution in [0.15, 0.2) is 18.3 Å². The molecule has 4 aliphatic heterocycles. The monoisotopic (exact) mass is 574 g/mol. The topological polar surface area (TPSA) is 80.3 Å². The van der Waals surface area contributed by atoms with Crippen molar-refractivity contribution < 1.29 is 39.3 Å². The van der Waals surface area contributed by atoms with E-state index in [1.165, 1.54) is 21.6 Å². The maximum Gasteiger partial charge on any atom is 2.00 e. The van der Waals surface area contributed by atoms with Gasteiger partial charge >= 0.3 is 19.5 Å². The molecule has 4 unspecified atom stereocenters. The fraction of sp³-hybridized carbons (Fsp3) is 0.400. The summed E-state index contributed by atoms with van der Waals surface area (Å²) in [6.07, 6.45) is 0. The zero-order valence-corrected chi connectivity index (χ0v) is 23.1. The first-order chi connectivity index (χ1) is 11.4. The van der Waals surface area contributed by atoms with Gasteiger partial charge in [0.1, 0.15) is 0 Å². The third-order valence-electron chi connectivity index (χ3n) is 2.82. The average Bonchev–Trinajstić information content (AvgIpc) is 3.18. The summed E-state index contributed by atoms with van der Waals surface area (Å²) in [6, 6.07) is 0. The van der Waals surface area contributed by atoms with E-state index in [-0.39, 0.29) is 19.5 Å². The van der Waals surface area contributed by atoms with Crippen LogP contribution >= 0.6 is 68.6 Å². The second-order valence-electron chi connectivity index (χ2n) is 4.20. The molecule has 4 rings (SSSR count). The van der Waals surface area contributed by atoms with E-state index in [1.807, 2.05) is 0 Å². The molecule has 4 nitrogen and oxygen atoms in total. The van der Waals surface area contributed by atoms with E-state index in [2.05, 4.69) is 0 Å². The van der Waals surface area contributed by atoms with Gasteiger partial charge in [-0.3, -0.25) is 0 Å². The zero-order chi connectivity index (χ0) is 17.4. The molecule has 0 aromatic rings. The Hall–Kier alpha value is 2.28. The van der Waals surface area contributed by atoms with Gasteiger partial charge in [0.15, 0.2) is 0 Å². The zero-order valence-electron chi connectivity index (χ0n) is 12.0. The Morgan fingerprint density at radius 1 is 0.840 bits per heavy atom. The molecule has 0 amide bonds. The molecule has 0 aromatic carbocycles. The number of hydrogen-bond donors (Lipinski definition) is 0. The number of carbonyl (C=O) groups is 2. The van der Waals surface area contributed by atoms with E-state index in [0.717, 1.165) is 28.5 Å². The van der Waals surface area contributed by atoms with Crippen molar-refractivity contribution >= 4 is 120 Å². The second kappa shape index (κ2) is 10.4. The van der Waals surface area contributed by atoms with Crippen LogP contribution in [-0.4, -0.2) is 32.6 Å². The van der Waals surface area contributed by atoms with Crippen molar-refractivity contribution in [3.05, 3.63) is 18.3 Å².